The van der Waals surface area contributed by atoms with Crippen molar-refractivity contribution in [2.75, 3.05) is 13.1 Å². The Balaban J connectivity index is 1.37. The Morgan fingerprint density at radius 1 is 1.05 bits per heavy atom. The van der Waals surface area contributed by atoms with Gasteiger partial charge in [0.05, 0.1) is 5.69 Å². The van der Waals surface area contributed by atoms with E-state index in [2.05, 4.69) is 20.1 Å². The van der Waals surface area contributed by atoms with Gasteiger partial charge in [0.2, 0.25) is 0 Å². The van der Waals surface area contributed by atoms with Crippen molar-refractivity contribution in [2.45, 2.75) is 51.7 Å². The molecule has 200 valence electrons. The number of alkyl halides is 3. The molecule has 8 nitrogen and oxygen atoms in total. The number of ether oxygens (including phenoxy) is 1. The van der Waals surface area contributed by atoms with E-state index in [9.17, 15) is 27.6 Å². The molecule has 0 unspecified atom stereocenters. The Hall–Kier alpha value is -3.86. The summed E-state index contributed by atoms with van der Waals surface area (Å²) >= 11 is 0. The van der Waals surface area contributed by atoms with Gasteiger partial charge in [0.25, 0.3) is 0 Å². The highest BCUT2D eigenvalue weighted by Crippen LogP contribution is 2.34. The number of halogens is 3. The lowest BCUT2D eigenvalue weighted by molar-refractivity contribution is -0.193. The summed E-state index contributed by atoms with van der Waals surface area (Å²) in [6.45, 7) is 3.10. The zero-order valence-corrected chi connectivity index (χ0v) is 20.8. The van der Waals surface area contributed by atoms with Gasteiger partial charge in [-0.1, -0.05) is 24.3 Å². The summed E-state index contributed by atoms with van der Waals surface area (Å²) in [7, 11) is 0. The van der Waals surface area contributed by atoms with Crippen molar-refractivity contribution in [3.63, 3.8) is 0 Å². The summed E-state index contributed by atoms with van der Waals surface area (Å²) in [5, 5.41) is 7.83. The van der Waals surface area contributed by atoms with Gasteiger partial charge in [-0.3, -0.25) is 14.5 Å². The second kappa shape index (κ2) is 11.7. The Kier molecular flexibility index (Phi) is 8.35. The van der Waals surface area contributed by atoms with Crippen LogP contribution in [0, 0.1) is 0 Å². The van der Waals surface area contributed by atoms with Crippen LogP contribution >= 0.6 is 0 Å². The van der Waals surface area contributed by atoms with Crippen molar-refractivity contribution in [3.8, 4) is 11.3 Å². The minimum atomic E-state index is -5.28. The molecule has 11 heteroatoms. The number of pyridine rings is 1. The maximum Gasteiger partial charge on any atom is 0.491 e. The maximum atomic E-state index is 12.7. The fourth-order valence-electron chi connectivity index (χ4n) is 4.45. The first kappa shape index (κ1) is 27.2. The molecule has 0 saturated heterocycles. The predicted octanol–water partition coefficient (Wildman–Crippen LogP) is 4.10. The first-order valence-electron chi connectivity index (χ1n) is 12.3. The number of aryl methyl sites for hydroxylation is 3. The summed E-state index contributed by atoms with van der Waals surface area (Å²) in [4.78, 5) is 39.5. The SMILES string of the molecule is CC(=O)c1ccc(CCCNCCCn2nc3c(c2C(=O)OC(=O)C(F)(F)F)CCc2cnccc2-3)cc1. The van der Waals surface area contributed by atoms with Crippen molar-refractivity contribution in [1.82, 2.24) is 20.1 Å². The maximum absolute atomic E-state index is 12.7. The zero-order valence-electron chi connectivity index (χ0n) is 20.8. The molecular weight excluding hydrogens is 501 g/mol. The van der Waals surface area contributed by atoms with Crippen molar-refractivity contribution < 1.29 is 32.3 Å². The molecule has 1 aromatic carbocycles. The topological polar surface area (TPSA) is 103 Å². The third-order valence-electron chi connectivity index (χ3n) is 6.37. The lowest BCUT2D eigenvalue weighted by Crippen LogP contribution is -2.29. The van der Waals surface area contributed by atoms with Crippen LogP contribution in [-0.2, 0) is 35.3 Å². The molecule has 0 bridgehead atoms. The number of Topliss-reactive ketones (excluding diaryl/α,β-unsaturated/α-hetero) is 1. The average Bonchev–Trinajstić information content (AvgIpc) is 3.26. The number of hydrogen-bond acceptors (Lipinski definition) is 7. The summed E-state index contributed by atoms with van der Waals surface area (Å²) in [5.74, 6) is -3.88. The van der Waals surface area contributed by atoms with Gasteiger partial charge in [0.1, 0.15) is 0 Å². The number of fused-ring (bicyclic) bond motifs is 3. The number of carbonyl (C=O) groups is 3. The number of aromatic nitrogens is 3. The van der Waals surface area contributed by atoms with Gasteiger partial charge in [-0.25, -0.2) is 9.59 Å². The van der Waals surface area contributed by atoms with Gasteiger partial charge in [0.15, 0.2) is 11.5 Å². The number of benzene rings is 1. The quantitative estimate of drug-likeness (QED) is 0.183. The number of rotatable bonds is 10. The zero-order chi connectivity index (χ0) is 27.3. The van der Waals surface area contributed by atoms with Crippen LogP contribution < -0.4 is 5.32 Å². The molecule has 4 rings (SSSR count). The first-order chi connectivity index (χ1) is 18.1. The molecule has 0 atom stereocenters. The average molecular weight is 529 g/mol. The molecule has 1 aliphatic rings. The molecule has 1 N–H and O–H groups in total. The van der Waals surface area contributed by atoms with Crippen LogP contribution in [0.25, 0.3) is 11.3 Å². The molecule has 38 heavy (non-hydrogen) atoms. The summed E-state index contributed by atoms with van der Waals surface area (Å²) < 4.78 is 43.7. The Labute approximate surface area is 217 Å². The molecule has 2 heterocycles. The second-order valence-corrected chi connectivity index (χ2v) is 9.07. The van der Waals surface area contributed by atoms with Gasteiger partial charge in [0, 0.05) is 35.6 Å². The van der Waals surface area contributed by atoms with Crippen molar-refractivity contribution in [3.05, 3.63) is 70.7 Å². The lowest BCUT2D eigenvalue weighted by Gasteiger charge is -2.15. The molecule has 0 amide bonds. The van der Waals surface area contributed by atoms with Crippen LogP contribution in [0.15, 0.2) is 42.7 Å². The third-order valence-corrected chi connectivity index (χ3v) is 6.37. The fourth-order valence-corrected chi connectivity index (χ4v) is 4.45. The van der Waals surface area contributed by atoms with E-state index in [1.807, 2.05) is 24.3 Å². The van der Waals surface area contributed by atoms with E-state index in [4.69, 9.17) is 0 Å². The van der Waals surface area contributed by atoms with Crippen molar-refractivity contribution in [1.29, 1.82) is 0 Å². The van der Waals surface area contributed by atoms with Gasteiger partial charge in [-0.2, -0.15) is 18.3 Å². The van der Waals surface area contributed by atoms with E-state index in [1.165, 1.54) is 11.6 Å². The minimum Gasteiger partial charge on any atom is -0.381 e. The molecule has 0 spiro atoms. The Morgan fingerprint density at radius 2 is 1.79 bits per heavy atom. The number of nitrogens with zero attached hydrogens (tertiary/aromatic N) is 3. The van der Waals surface area contributed by atoms with Crippen LogP contribution in [0.2, 0.25) is 0 Å². The number of ketones is 1. The van der Waals surface area contributed by atoms with Gasteiger partial charge in [-0.05, 0) is 69.3 Å². The number of esters is 2. The van der Waals surface area contributed by atoms with E-state index in [1.54, 1.807) is 18.5 Å². The van der Waals surface area contributed by atoms with Crippen LogP contribution in [0.4, 0.5) is 13.2 Å². The van der Waals surface area contributed by atoms with Crippen molar-refractivity contribution in [2.24, 2.45) is 0 Å². The second-order valence-electron chi connectivity index (χ2n) is 9.07. The molecule has 0 aliphatic heterocycles. The summed E-state index contributed by atoms with van der Waals surface area (Å²) in [6, 6.07) is 9.25. The van der Waals surface area contributed by atoms with Gasteiger partial charge >= 0.3 is 18.1 Å². The van der Waals surface area contributed by atoms with Gasteiger partial charge in [-0.15, -0.1) is 0 Å². The molecule has 3 aromatic rings. The van der Waals surface area contributed by atoms with Crippen LogP contribution in [0.1, 0.15) is 57.3 Å². The van der Waals surface area contributed by atoms with Crippen molar-refractivity contribution >= 4 is 17.7 Å². The molecule has 0 radical (unpaired) electrons. The standard InChI is InChI=1S/C27H27F3N4O4/c1-17(35)19-7-5-18(6-8-19)4-2-12-31-13-3-15-34-24(25(36)38-26(37)27(28,29)30)22-10-9-20-16-32-14-11-21(20)23(22)33-34/h5-8,11,14,16,31H,2-4,9-10,12-13,15H2,1H3. The van der Waals surface area contributed by atoms with E-state index >= 15 is 0 Å². The van der Waals surface area contributed by atoms with Gasteiger partial charge < -0.3 is 10.1 Å². The summed E-state index contributed by atoms with van der Waals surface area (Å²) in [5.41, 5.74) is 4.31. The normalized spacial score (nSPS) is 12.5. The highest BCUT2D eigenvalue weighted by molar-refractivity contribution is 5.99. The number of nitrogens with one attached hydrogen (secondary N) is 1. The van der Waals surface area contributed by atoms with E-state index in [0.29, 0.717) is 42.6 Å². The smallest absolute Gasteiger partial charge is 0.381 e. The highest BCUT2D eigenvalue weighted by atomic mass is 19.4. The predicted molar refractivity (Wildman–Crippen MR) is 132 cm³/mol. The van der Waals surface area contributed by atoms with E-state index in [-0.39, 0.29) is 18.0 Å². The number of hydrogen-bond donors (Lipinski definition) is 1. The lowest BCUT2D eigenvalue weighted by atomic mass is 9.90. The fraction of sp³-hybridized carbons (Fsp3) is 0.370. The minimum absolute atomic E-state index is 0.0286. The van der Waals surface area contributed by atoms with Crippen LogP contribution in [-0.4, -0.2) is 51.8 Å². The van der Waals surface area contributed by atoms with Crippen LogP contribution in [0.5, 0.6) is 0 Å². The Bertz CT molecular complexity index is 1330. The summed E-state index contributed by atoms with van der Waals surface area (Å²) in [6.07, 6.45) is 1.16. The molecule has 0 saturated carbocycles. The largest absolute Gasteiger partial charge is 0.491 e. The first-order valence-corrected chi connectivity index (χ1v) is 12.3. The van der Waals surface area contributed by atoms with Crippen LogP contribution in [0.3, 0.4) is 0 Å². The highest BCUT2D eigenvalue weighted by Gasteiger charge is 2.43. The van der Waals surface area contributed by atoms with E-state index < -0.39 is 18.1 Å². The molecule has 0 fully saturated rings. The number of carbonyl (C=O) groups excluding carboxylic acids is 3. The molecule has 1 aliphatic carbocycles. The monoisotopic (exact) mass is 528 g/mol. The molecular formula is C27H27F3N4O4. The van der Waals surface area contributed by atoms with E-state index in [0.717, 1.165) is 36.1 Å². The Morgan fingerprint density at radius 3 is 2.50 bits per heavy atom. The third kappa shape index (κ3) is 6.34. The molecule has 2 aromatic heterocycles.